The quantitative estimate of drug-likeness (QED) is 0.498. The lowest BCUT2D eigenvalue weighted by Gasteiger charge is -2.06. The molecule has 2 aromatic heterocycles. The summed E-state index contributed by atoms with van der Waals surface area (Å²) in [4.78, 5) is 16.7. The van der Waals surface area contributed by atoms with Crippen molar-refractivity contribution in [1.29, 1.82) is 0 Å². The van der Waals surface area contributed by atoms with Crippen LogP contribution in [0.5, 0.6) is 5.75 Å². The molecule has 0 atom stereocenters. The van der Waals surface area contributed by atoms with E-state index >= 15 is 0 Å². The highest BCUT2D eigenvalue weighted by Gasteiger charge is 2.16. The normalized spacial score (nSPS) is 10.8. The van der Waals surface area contributed by atoms with E-state index in [1.54, 1.807) is 10.9 Å². The highest BCUT2D eigenvalue weighted by atomic mass is 16.5. The molecule has 0 saturated carbocycles. The molecule has 0 saturated heterocycles. The van der Waals surface area contributed by atoms with Gasteiger partial charge in [-0.15, -0.1) is 0 Å². The summed E-state index contributed by atoms with van der Waals surface area (Å²) in [6.45, 7) is 4.58. The Kier molecular flexibility index (Phi) is 5.20. The maximum Gasteiger partial charge on any atom is 0.282 e. The molecule has 0 aliphatic carbocycles. The second kappa shape index (κ2) is 8.10. The molecule has 4 rings (SSSR count). The van der Waals surface area contributed by atoms with E-state index < -0.39 is 0 Å². The molecule has 7 nitrogen and oxygen atoms in total. The van der Waals surface area contributed by atoms with Crippen LogP contribution < -0.4 is 10.2 Å². The molecule has 0 aliphatic heterocycles. The molecule has 4 aromatic rings. The lowest BCUT2D eigenvalue weighted by atomic mass is 10.1. The molecule has 146 valence electrons. The molecule has 7 heteroatoms. The second-order valence-electron chi connectivity index (χ2n) is 6.38. The third-order valence-corrected chi connectivity index (χ3v) is 4.45. The highest BCUT2D eigenvalue weighted by Crippen LogP contribution is 2.23. The van der Waals surface area contributed by atoms with Crippen LogP contribution in [0.2, 0.25) is 0 Å². The van der Waals surface area contributed by atoms with E-state index in [-0.39, 0.29) is 17.0 Å². The standard InChI is InChI=1S/C22H20N4O3/c1-3-15-8-10-17(11-9-15)26-13-12-19(27)20(24-26)22-23-21(25-29-22)16-6-5-7-18(14-16)28-4-2/h5-14H,3-4H2,1-2H3. The van der Waals surface area contributed by atoms with E-state index in [0.717, 1.165) is 17.7 Å². The van der Waals surface area contributed by atoms with Gasteiger partial charge in [-0.1, -0.05) is 36.3 Å². The van der Waals surface area contributed by atoms with Gasteiger partial charge in [-0.2, -0.15) is 10.1 Å². The number of aromatic nitrogens is 4. The van der Waals surface area contributed by atoms with E-state index in [9.17, 15) is 4.79 Å². The Morgan fingerprint density at radius 1 is 1.07 bits per heavy atom. The SMILES string of the molecule is CCOc1cccc(-c2noc(-c3nn(-c4ccc(CC)cc4)ccc3=O)n2)c1. The second-order valence-corrected chi connectivity index (χ2v) is 6.38. The van der Waals surface area contributed by atoms with E-state index in [1.165, 1.54) is 11.6 Å². The molecule has 29 heavy (non-hydrogen) atoms. The van der Waals surface area contributed by atoms with Crippen LogP contribution in [-0.2, 0) is 6.42 Å². The maximum atomic E-state index is 12.4. The topological polar surface area (TPSA) is 83.0 Å². The zero-order valence-corrected chi connectivity index (χ0v) is 16.2. The zero-order chi connectivity index (χ0) is 20.2. The van der Waals surface area contributed by atoms with E-state index in [4.69, 9.17) is 9.26 Å². The summed E-state index contributed by atoms with van der Waals surface area (Å²) in [6, 6.07) is 16.8. The minimum Gasteiger partial charge on any atom is -0.494 e. The van der Waals surface area contributed by atoms with Gasteiger partial charge in [0.15, 0.2) is 5.69 Å². The number of hydrogen-bond donors (Lipinski definition) is 0. The third-order valence-electron chi connectivity index (χ3n) is 4.45. The molecular weight excluding hydrogens is 368 g/mol. The number of benzene rings is 2. The molecule has 0 aliphatic rings. The van der Waals surface area contributed by atoms with Crippen molar-refractivity contribution in [2.45, 2.75) is 20.3 Å². The number of ether oxygens (including phenoxy) is 1. The average Bonchev–Trinajstić information content (AvgIpc) is 3.25. The van der Waals surface area contributed by atoms with Gasteiger partial charge in [0.25, 0.3) is 5.89 Å². The molecule has 0 fully saturated rings. The summed E-state index contributed by atoms with van der Waals surface area (Å²) in [7, 11) is 0. The van der Waals surface area contributed by atoms with E-state index in [2.05, 4.69) is 22.2 Å². The third kappa shape index (κ3) is 3.94. The van der Waals surface area contributed by atoms with Crippen LogP contribution in [-0.4, -0.2) is 26.5 Å². The Hall–Kier alpha value is -3.74. The first-order valence-corrected chi connectivity index (χ1v) is 9.44. The van der Waals surface area contributed by atoms with Gasteiger partial charge < -0.3 is 9.26 Å². The molecule has 0 radical (unpaired) electrons. The first-order valence-electron chi connectivity index (χ1n) is 9.44. The summed E-state index contributed by atoms with van der Waals surface area (Å²) in [6.07, 6.45) is 2.58. The summed E-state index contributed by atoms with van der Waals surface area (Å²) in [5, 5.41) is 8.41. The van der Waals surface area contributed by atoms with Crippen LogP contribution in [0.1, 0.15) is 19.4 Å². The van der Waals surface area contributed by atoms with Crippen molar-refractivity contribution >= 4 is 0 Å². The average molecular weight is 388 g/mol. The van der Waals surface area contributed by atoms with Crippen molar-refractivity contribution in [3.63, 3.8) is 0 Å². The number of rotatable bonds is 6. The van der Waals surface area contributed by atoms with Crippen LogP contribution in [0, 0.1) is 0 Å². The van der Waals surface area contributed by atoms with Gasteiger partial charge in [0.1, 0.15) is 5.75 Å². The van der Waals surface area contributed by atoms with Crippen LogP contribution >= 0.6 is 0 Å². The summed E-state index contributed by atoms with van der Waals surface area (Å²) in [5.74, 6) is 1.16. The Labute approximate surface area is 167 Å². The van der Waals surface area contributed by atoms with Gasteiger partial charge in [0.2, 0.25) is 11.3 Å². The predicted molar refractivity (Wildman–Crippen MR) is 109 cm³/mol. The zero-order valence-electron chi connectivity index (χ0n) is 16.2. The lowest BCUT2D eigenvalue weighted by molar-refractivity contribution is 0.340. The fraction of sp³-hybridized carbons (Fsp3) is 0.182. The first-order chi connectivity index (χ1) is 14.2. The molecule has 0 amide bonds. The first kappa shape index (κ1) is 18.6. The Bertz CT molecular complexity index is 1180. The Balaban J connectivity index is 1.68. The smallest absolute Gasteiger partial charge is 0.282 e. The van der Waals surface area contributed by atoms with Crippen LogP contribution in [0.25, 0.3) is 28.7 Å². The van der Waals surface area contributed by atoms with Gasteiger partial charge in [-0.05, 0) is 43.2 Å². The molecule has 0 N–H and O–H groups in total. The lowest BCUT2D eigenvalue weighted by Crippen LogP contribution is -2.12. The predicted octanol–water partition coefficient (Wildman–Crippen LogP) is 3.91. The molecule has 0 bridgehead atoms. The molecule has 0 spiro atoms. The molecule has 2 aromatic carbocycles. The Morgan fingerprint density at radius 2 is 1.90 bits per heavy atom. The van der Waals surface area contributed by atoms with Crippen molar-refractivity contribution in [1.82, 2.24) is 19.9 Å². The van der Waals surface area contributed by atoms with Crippen molar-refractivity contribution < 1.29 is 9.26 Å². The Morgan fingerprint density at radius 3 is 2.66 bits per heavy atom. The van der Waals surface area contributed by atoms with Crippen molar-refractivity contribution in [2.75, 3.05) is 6.61 Å². The van der Waals surface area contributed by atoms with Crippen LogP contribution in [0.15, 0.2) is 70.1 Å². The number of hydrogen-bond acceptors (Lipinski definition) is 6. The minimum absolute atomic E-state index is 0.0753. The summed E-state index contributed by atoms with van der Waals surface area (Å²) in [5.41, 5.74) is 2.62. The number of aryl methyl sites for hydroxylation is 1. The van der Waals surface area contributed by atoms with Crippen molar-refractivity contribution in [3.8, 4) is 34.4 Å². The van der Waals surface area contributed by atoms with Crippen molar-refractivity contribution in [3.05, 3.63) is 76.6 Å². The monoisotopic (exact) mass is 388 g/mol. The summed E-state index contributed by atoms with van der Waals surface area (Å²) >= 11 is 0. The van der Waals surface area contributed by atoms with E-state index in [1.807, 2.05) is 55.5 Å². The van der Waals surface area contributed by atoms with Crippen molar-refractivity contribution in [2.24, 2.45) is 0 Å². The van der Waals surface area contributed by atoms with Gasteiger partial charge in [0, 0.05) is 17.8 Å². The van der Waals surface area contributed by atoms with Gasteiger partial charge in [0.05, 0.1) is 12.3 Å². The largest absolute Gasteiger partial charge is 0.494 e. The van der Waals surface area contributed by atoms with Gasteiger partial charge in [-0.25, -0.2) is 4.68 Å². The maximum absolute atomic E-state index is 12.4. The van der Waals surface area contributed by atoms with E-state index in [0.29, 0.717) is 18.2 Å². The summed E-state index contributed by atoms with van der Waals surface area (Å²) < 4.78 is 12.5. The molecule has 0 unspecified atom stereocenters. The molecular formula is C22H20N4O3. The molecule has 2 heterocycles. The number of nitrogens with zero attached hydrogens (tertiary/aromatic N) is 4. The van der Waals surface area contributed by atoms with Crippen LogP contribution in [0.3, 0.4) is 0 Å². The van der Waals surface area contributed by atoms with Gasteiger partial charge >= 0.3 is 0 Å². The fourth-order valence-corrected chi connectivity index (χ4v) is 2.91. The highest BCUT2D eigenvalue weighted by molar-refractivity contribution is 5.59. The fourth-order valence-electron chi connectivity index (χ4n) is 2.91. The van der Waals surface area contributed by atoms with Gasteiger partial charge in [-0.3, -0.25) is 4.79 Å². The van der Waals surface area contributed by atoms with Crippen LogP contribution in [0.4, 0.5) is 0 Å². The minimum atomic E-state index is -0.287.